The van der Waals surface area contributed by atoms with Crippen molar-refractivity contribution in [2.45, 2.75) is 52.6 Å². The normalized spacial score (nSPS) is 16.6. The molecule has 0 aromatic carbocycles. The summed E-state index contributed by atoms with van der Waals surface area (Å²) in [6.45, 7) is 10.1. The first-order valence-electron chi connectivity index (χ1n) is 7.29. The summed E-state index contributed by atoms with van der Waals surface area (Å²) in [7, 11) is 0. The molecule has 0 radical (unpaired) electrons. The lowest BCUT2D eigenvalue weighted by molar-refractivity contribution is -0.143. The Kier molecular flexibility index (Phi) is 5.80. The first-order valence-corrected chi connectivity index (χ1v) is 7.29. The molecule has 3 N–H and O–H groups in total. The van der Waals surface area contributed by atoms with Crippen LogP contribution in [0.4, 0.5) is 4.79 Å². The quantitative estimate of drug-likeness (QED) is 0.627. The van der Waals surface area contributed by atoms with Gasteiger partial charge >= 0.3 is 12.0 Å². The van der Waals surface area contributed by atoms with E-state index < -0.39 is 11.4 Å². The highest BCUT2D eigenvalue weighted by Gasteiger charge is 2.50. The first-order chi connectivity index (χ1) is 9.28. The van der Waals surface area contributed by atoms with Crippen LogP contribution in [0, 0.1) is 5.41 Å². The summed E-state index contributed by atoms with van der Waals surface area (Å²) < 4.78 is 0. The fourth-order valence-corrected chi connectivity index (χ4v) is 2.34. The summed E-state index contributed by atoms with van der Waals surface area (Å²) in [5.41, 5.74) is -0.709. The van der Waals surface area contributed by atoms with Crippen LogP contribution in [0.2, 0.25) is 0 Å². The number of carbonyl (C=O) groups is 2. The predicted molar refractivity (Wildman–Crippen MR) is 77.7 cm³/mol. The molecule has 6 heteroatoms. The van der Waals surface area contributed by atoms with Gasteiger partial charge in [0, 0.05) is 31.7 Å². The second-order valence-corrected chi connectivity index (χ2v) is 6.12. The molecular formula is C14H27N3O3. The number of carbonyl (C=O) groups excluding carboxylic acids is 1. The third-order valence-corrected chi connectivity index (χ3v) is 3.88. The van der Waals surface area contributed by atoms with Crippen molar-refractivity contribution in [2.75, 3.05) is 19.6 Å². The van der Waals surface area contributed by atoms with E-state index in [4.69, 9.17) is 5.11 Å². The molecule has 1 aliphatic carbocycles. The zero-order valence-corrected chi connectivity index (χ0v) is 12.9. The summed E-state index contributed by atoms with van der Waals surface area (Å²) in [6, 6.07) is 0.577. The largest absolute Gasteiger partial charge is 0.481 e. The summed E-state index contributed by atoms with van der Waals surface area (Å²) in [5, 5.41) is 14.4. The molecule has 0 bridgehead atoms. The minimum absolute atomic E-state index is 0.215. The van der Waals surface area contributed by atoms with Gasteiger partial charge in [-0.05, 0) is 40.5 Å². The van der Waals surface area contributed by atoms with Gasteiger partial charge in [0.15, 0.2) is 0 Å². The fraction of sp³-hybridized carbons (Fsp3) is 0.857. The van der Waals surface area contributed by atoms with Crippen molar-refractivity contribution in [3.8, 4) is 0 Å². The molecule has 1 fully saturated rings. The summed E-state index contributed by atoms with van der Waals surface area (Å²) in [4.78, 5) is 24.9. The van der Waals surface area contributed by atoms with Gasteiger partial charge in [0.1, 0.15) is 0 Å². The highest BCUT2D eigenvalue weighted by Crippen LogP contribution is 2.45. The maximum absolute atomic E-state index is 11.6. The number of nitrogens with zero attached hydrogens (tertiary/aromatic N) is 1. The molecule has 2 amide bonds. The van der Waals surface area contributed by atoms with Crippen LogP contribution in [0.3, 0.4) is 0 Å². The molecule has 0 spiro atoms. The second kappa shape index (κ2) is 6.92. The number of hydrogen-bond donors (Lipinski definition) is 3. The maximum atomic E-state index is 11.6. The van der Waals surface area contributed by atoms with E-state index in [9.17, 15) is 9.59 Å². The molecule has 0 heterocycles. The van der Waals surface area contributed by atoms with E-state index in [2.05, 4.69) is 43.2 Å². The standard InChI is InChI=1S/C14H27N3O3/c1-10(2)17(11(3)4)8-7-15-13(20)16-9-14(5-6-14)12(18)19/h10-11H,5-9H2,1-4H3,(H,18,19)(H2,15,16,20). The molecule has 1 aliphatic rings. The summed E-state index contributed by atoms with van der Waals surface area (Å²) in [6.07, 6.45) is 1.30. The number of aliphatic carboxylic acids is 1. The molecule has 0 aliphatic heterocycles. The molecule has 116 valence electrons. The molecule has 0 unspecified atom stereocenters. The molecule has 1 saturated carbocycles. The number of hydrogen-bond acceptors (Lipinski definition) is 3. The van der Waals surface area contributed by atoms with Crippen molar-refractivity contribution in [3.63, 3.8) is 0 Å². The molecule has 1 rings (SSSR count). The number of amides is 2. The fourth-order valence-electron chi connectivity index (χ4n) is 2.34. The van der Waals surface area contributed by atoms with Gasteiger partial charge in [0.05, 0.1) is 5.41 Å². The zero-order chi connectivity index (χ0) is 15.3. The highest BCUT2D eigenvalue weighted by atomic mass is 16.4. The minimum Gasteiger partial charge on any atom is -0.481 e. The van der Waals surface area contributed by atoms with E-state index >= 15 is 0 Å². The van der Waals surface area contributed by atoms with Crippen LogP contribution in [0.5, 0.6) is 0 Å². The van der Waals surface area contributed by atoms with Crippen molar-refractivity contribution in [1.29, 1.82) is 0 Å². The minimum atomic E-state index is -0.816. The Morgan fingerprint density at radius 1 is 1.15 bits per heavy atom. The average Bonchev–Trinajstić information content (AvgIpc) is 3.12. The first kappa shape index (κ1) is 16.8. The molecular weight excluding hydrogens is 258 g/mol. The molecule has 20 heavy (non-hydrogen) atoms. The Hall–Kier alpha value is -1.30. The molecule has 0 aromatic rings. The average molecular weight is 285 g/mol. The zero-order valence-electron chi connectivity index (χ0n) is 12.9. The molecule has 6 nitrogen and oxygen atoms in total. The number of carboxylic acid groups (broad SMARTS) is 1. The van der Waals surface area contributed by atoms with Gasteiger partial charge in [0.2, 0.25) is 0 Å². The van der Waals surface area contributed by atoms with Gasteiger partial charge in [-0.25, -0.2) is 4.79 Å². The highest BCUT2D eigenvalue weighted by molar-refractivity contribution is 5.80. The van der Waals surface area contributed by atoms with Crippen LogP contribution >= 0.6 is 0 Å². The van der Waals surface area contributed by atoms with Crippen molar-refractivity contribution in [3.05, 3.63) is 0 Å². The van der Waals surface area contributed by atoms with Gasteiger partial charge < -0.3 is 15.7 Å². The maximum Gasteiger partial charge on any atom is 0.314 e. The molecule has 0 atom stereocenters. The Balaban J connectivity index is 2.22. The van der Waals surface area contributed by atoms with Gasteiger partial charge in [-0.15, -0.1) is 0 Å². The van der Waals surface area contributed by atoms with Crippen LogP contribution in [0.15, 0.2) is 0 Å². The lowest BCUT2D eigenvalue weighted by atomic mass is 10.1. The number of carboxylic acids is 1. The molecule has 0 saturated heterocycles. The van der Waals surface area contributed by atoms with Gasteiger partial charge in [0.25, 0.3) is 0 Å². The Morgan fingerprint density at radius 3 is 2.10 bits per heavy atom. The lowest BCUT2D eigenvalue weighted by Gasteiger charge is -2.30. The van der Waals surface area contributed by atoms with Crippen molar-refractivity contribution in [2.24, 2.45) is 5.41 Å². The van der Waals surface area contributed by atoms with E-state index in [0.29, 0.717) is 31.5 Å². The van der Waals surface area contributed by atoms with Gasteiger partial charge in [-0.1, -0.05) is 0 Å². The summed E-state index contributed by atoms with van der Waals surface area (Å²) in [5.74, 6) is -0.816. The number of rotatable bonds is 8. The van der Waals surface area contributed by atoms with Crippen molar-refractivity contribution < 1.29 is 14.7 Å². The van der Waals surface area contributed by atoms with Crippen LogP contribution in [-0.4, -0.2) is 53.7 Å². The van der Waals surface area contributed by atoms with Crippen LogP contribution in [0.1, 0.15) is 40.5 Å². The second-order valence-electron chi connectivity index (χ2n) is 6.12. The van der Waals surface area contributed by atoms with Crippen molar-refractivity contribution >= 4 is 12.0 Å². The van der Waals surface area contributed by atoms with Gasteiger partial charge in [-0.2, -0.15) is 0 Å². The van der Waals surface area contributed by atoms with Gasteiger partial charge in [-0.3, -0.25) is 9.69 Å². The van der Waals surface area contributed by atoms with Crippen molar-refractivity contribution in [1.82, 2.24) is 15.5 Å². The third-order valence-electron chi connectivity index (χ3n) is 3.88. The Labute approximate surface area is 120 Å². The van der Waals surface area contributed by atoms with Crippen LogP contribution in [0.25, 0.3) is 0 Å². The monoisotopic (exact) mass is 285 g/mol. The topological polar surface area (TPSA) is 81.7 Å². The lowest BCUT2D eigenvalue weighted by Crippen LogP contribution is -2.46. The molecule has 0 aromatic heterocycles. The Bertz CT molecular complexity index is 344. The van der Waals surface area contributed by atoms with Crippen LogP contribution in [-0.2, 0) is 4.79 Å². The third kappa shape index (κ3) is 4.67. The predicted octanol–water partition coefficient (Wildman–Crippen LogP) is 1.27. The van der Waals surface area contributed by atoms with E-state index in [-0.39, 0.29) is 12.6 Å². The summed E-state index contributed by atoms with van der Waals surface area (Å²) >= 11 is 0. The number of urea groups is 1. The SMILES string of the molecule is CC(C)N(CCNC(=O)NCC1(C(=O)O)CC1)C(C)C. The number of nitrogens with one attached hydrogen (secondary N) is 2. The van der Waals surface area contributed by atoms with Crippen LogP contribution < -0.4 is 10.6 Å². The van der Waals surface area contributed by atoms with E-state index in [0.717, 1.165) is 6.54 Å². The van der Waals surface area contributed by atoms with E-state index in [1.54, 1.807) is 0 Å². The van der Waals surface area contributed by atoms with E-state index in [1.807, 2.05) is 0 Å². The smallest absolute Gasteiger partial charge is 0.314 e. The Morgan fingerprint density at radius 2 is 1.70 bits per heavy atom. The van der Waals surface area contributed by atoms with E-state index in [1.165, 1.54) is 0 Å².